The molecular weight excluding hydrogens is 433 g/mol. The molecule has 34 heavy (non-hydrogen) atoms. The van der Waals surface area contributed by atoms with E-state index in [0.717, 1.165) is 5.56 Å². The molecule has 1 amide bonds. The lowest BCUT2D eigenvalue weighted by Gasteiger charge is -2.25. The van der Waals surface area contributed by atoms with E-state index >= 15 is 0 Å². The second kappa shape index (κ2) is 9.51. The number of hydrogen-bond acceptors (Lipinski definition) is 4. The Morgan fingerprint density at radius 1 is 1.03 bits per heavy atom. The molecular formula is C28H26FNO4. The summed E-state index contributed by atoms with van der Waals surface area (Å²) in [6, 6.07) is 18.7. The number of carbonyl (C=O) groups excluding carboxylic acids is 2. The highest BCUT2D eigenvalue weighted by Gasteiger charge is 2.47. The number of nitrogens with zero attached hydrogens (tertiary/aromatic N) is 1. The Labute approximate surface area is 198 Å². The van der Waals surface area contributed by atoms with Crippen LogP contribution < -0.4 is 9.64 Å². The van der Waals surface area contributed by atoms with Gasteiger partial charge in [-0.25, -0.2) is 4.39 Å². The van der Waals surface area contributed by atoms with E-state index < -0.39 is 23.5 Å². The molecule has 1 aliphatic heterocycles. The lowest BCUT2D eigenvalue weighted by molar-refractivity contribution is -0.132. The van der Waals surface area contributed by atoms with Crippen LogP contribution >= 0.6 is 0 Å². The van der Waals surface area contributed by atoms with Crippen molar-refractivity contribution in [2.75, 3.05) is 11.5 Å². The van der Waals surface area contributed by atoms with Crippen molar-refractivity contribution < 1.29 is 23.8 Å². The molecule has 1 atom stereocenters. The van der Waals surface area contributed by atoms with Crippen molar-refractivity contribution >= 4 is 23.1 Å². The summed E-state index contributed by atoms with van der Waals surface area (Å²) in [5, 5.41) is 11.4. The average Bonchev–Trinajstić information content (AvgIpc) is 3.10. The Hall–Kier alpha value is -3.93. The summed E-state index contributed by atoms with van der Waals surface area (Å²) in [6.07, 6.45) is 0. The van der Waals surface area contributed by atoms with Crippen LogP contribution in [-0.2, 0) is 9.59 Å². The fourth-order valence-electron chi connectivity index (χ4n) is 4.24. The molecule has 1 unspecified atom stereocenters. The molecule has 0 aromatic heterocycles. The topological polar surface area (TPSA) is 66.8 Å². The number of benzene rings is 3. The Balaban J connectivity index is 1.91. The van der Waals surface area contributed by atoms with Crippen LogP contribution in [0.15, 0.2) is 78.4 Å². The first kappa shape index (κ1) is 23.2. The molecule has 1 saturated heterocycles. The standard InChI is InChI=1S/C28H26FNO4/c1-4-34-23-15-10-19(16-22(23)17(2)3)26(31)24-25(18-8-6-5-7-9-18)30(28(33)27(24)32)21-13-11-20(29)12-14-21/h5-17,25,31H,4H2,1-3H3/b26-24-. The normalized spacial score (nSPS) is 17.4. The molecule has 174 valence electrons. The second-order valence-corrected chi connectivity index (χ2v) is 8.40. The summed E-state index contributed by atoms with van der Waals surface area (Å²) in [5.41, 5.74) is 2.31. The minimum Gasteiger partial charge on any atom is -0.507 e. The number of carbonyl (C=O) groups is 2. The van der Waals surface area contributed by atoms with Gasteiger partial charge in [-0.2, -0.15) is 0 Å². The van der Waals surface area contributed by atoms with Gasteiger partial charge >= 0.3 is 0 Å². The monoisotopic (exact) mass is 459 g/mol. The molecule has 0 aliphatic carbocycles. The van der Waals surface area contributed by atoms with Crippen LogP contribution in [0.2, 0.25) is 0 Å². The molecule has 1 fully saturated rings. The summed E-state index contributed by atoms with van der Waals surface area (Å²) in [5.74, 6) is -1.47. The van der Waals surface area contributed by atoms with Gasteiger partial charge in [-0.3, -0.25) is 14.5 Å². The van der Waals surface area contributed by atoms with Crippen molar-refractivity contribution in [2.45, 2.75) is 32.7 Å². The number of Topliss-reactive ketones (excluding diaryl/α,β-unsaturated/α-hetero) is 1. The maximum atomic E-state index is 13.6. The predicted molar refractivity (Wildman–Crippen MR) is 129 cm³/mol. The van der Waals surface area contributed by atoms with Gasteiger partial charge < -0.3 is 9.84 Å². The first-order chi connectivity index (χ1) is 16.3. The van der Waals surface area contributed by atoms with Crippen LogP contribution in [0.25, 0.3) is 5.76 Å². The number of rotatable bonds is 6. The molecule has 0 bridgehead atoms. The smallest absolute Gasteiger partial charge is 0.300 e. The number of ketones is 1. The minimum atomic E-state index is -0.860. The van der Waals surface area contributed by atoms with Crippen molar-refractivity contribution in [3.8, 4) is 5.75 Å². The molecule has 6 heteroatoms. The van der Waals surface area contributed by atoms with Gasteiger partial charge in [0.15, 0.2) is 0 Å². The Morgan fingerprint density at radius 3 is 2.32 bits per heavy atom. The van der Waals surface area contributed by atoms with E-state index in [9.17, 15) is 19.1 Å². The van der Waals surface area contributed by atoms with E-state index in [0.29, 0.717) is 29.2 Å². The quantitative estimate of drug-likeness (QED) is 0.280. The highest BCUT2D eigenvalue weighted by molar-refractivity contribution is 6.51. The molecule has 5 nitrogen and oxygen atoms in total. The van der Waals surface area contributed by atoms with Crippen LogP contribution in [0.1, 0.15) is 49.4 Å². The third-order valence-electron chi connectivity index (χ3n) is 5.87. The molecule has 1 aliphatic rings. The molecule has 0 radical (unpaired) electrons. The summed E-state index contributed by atoms with van der Waals surface area (Å²) in [4.78, 5) is 27.7. The van der Waals surface area contributed by atoms with Gasteiger partial charge in [0.1, 0.15) is 17.3 Å². The van der Waals surface area contributed by atoms with Crippen molar-refractivity contribution in [2.24, 2.45) is 0 Å². The average molecular weight is 460 g/mol. The van der Waals surface area contributed by atoms with Crippen molar-refractivity contribution in [3.05, 3.63) is 101 Å². The van der Waals surface area contributed by atoms with Crippen LogP contribution in [0, 0.1) is 5.82 Å². The molecule has 0 saturated carbocycles. The molecule has 1 heterocycles. The number of aliphatic hydroxyl groups is 1. The van der Waals surface area contributed by atoms with Gasteiger partial charge in [0, 0.05) is 11.3 Å². The van der Waals surface area contributed by atoms with Crippen molar-refractivity contribution in [1.82, 2.24) is 0 Å². The predicted octanol–water partition coefficient (Wildman–Crippen LogP) is 5.97. The van der Waals surface area contributed by atoms with Crippen molar-refractivity contribution in [1.29, 1.82) is 0 Å². The number of ether oxygens (including phenoxy) is 1. The largest absolute Gasteiger partial charge is 0.507 e. The maximum absolute atomic E-state index is 13.6. The Bertz CT molecular complexity index is 1250. The number of anilines is 1. The lowest BCUT2D eigenvalue weighted by Crippen LogP contribution is -2.29. The summed E-state index contributed by atoms with van der Waals surface area (Å²) < 4.78 is 19.3. The number of aliphatic hydroxyl groups excluding tert-OH is 1. The third-order valence-corrected chi connectivity index (χ3v) is 5.87. The Morgan fingerprint density at radius 2 is 1.71 bits per heavy atom. The highest BCUT2D eigenvalue weighted by atomic mass is 19.1. The van der Waals surface area contributed by atoms with E-state index in [-0.39, 0.29) is 17.3 Å². The van der Waals surface area contributed by atoms with E-state index in [1.54, 1.807) is 42.5 Å². The van der Waals surface area contributed by atoms with E-state index in [1.165, 1.54) is 29.2 Å². The minimum absolute atomic E-state index is 0.0145. The number of halogens is 1. The molecule has 0 spiro atoms. The third kappa shape index (κ3) is 4.19. The van der Waals surface area contributed by atoms with Crippen LogP contribution in [-0.4, -0.2) is 23.4 Å². The zero-order valence-corrected chi connectivity index (χ0v) is 19.3. The molecule has 3 aromatic carbocycles. The SMILES string of the molecule is CCOc1ccc(/C(O)=C2/C(=O)C(=O)N(c3ccc(F)cc3)C2c2ccccc2)cc1C(C)C. The fraction of sp³-hybridized carbons (Fsp3) is 0.214. The van der Waals surface area contributed by atoms with Gasteiger partial charge in [0.25, 0.3) is 11.7 Å². The zero-order valence-electron chi connectivity index (χ0n) is 19.3. The first-order valence-electron chi connectivity index (χ1n) is 11.2. The fourth-order valence-corrected chi connectivity index (χ4v) is 4.24. The van der Waals surface area contributed by atoms with Gasteiger partial charge in [-0.05, 0) is 66.4 Å². The van der Waals surface area contributed by atoms with E-state index in [2.05, 4.69) is 0 Å². The van der Waals surface area contributed by atoms with Crippen LogP contribution in [0.4, 0.5) is 10.1 Å². The summed E-state index contributed by atoms with van der Waals surface area (Å²) in [7, 11) is 0. The molecule has 4 rings (SSSR count). The maximum Gasteiger partial charge on any atom is 0.300 e. The summed E-state index contributed by atoms with van der Waals surface area (Å²) in [6.45, 7) is 6.43. The molecule has 3 aromatic rings. The lowest BCUT2D eigenvalue weighted by atomic mass is 9.93. The van der Waals surface area contributed by atoms with Crippen LogP contribution in [0.3, 0.4) is 0 Å². The van der Waals surface area contributed by atoms with Gasteiger partial charge in [0.2, 0.25) is 0 Å². The first-order valence-corrected chi connectivity index (χ1v) is 11.2. The van der Waals surface area contributed by atoms with Gasteiger partial charge in [-0.15, -0.1) is 0 Å². The highest BCUT2D eigenvalue weighted by Crippen LogP contribution is 2.42. The van der Waals surface area contributed by atoms with E-state index in [1.807, 2.05) is 26.8 Å². The number of hydrogen-bond donors (Lipinski definition) is 1. The Kier molecular flexibility index (Phi) is 6.50. The zero-order chi connectivity index (χ0) is 24.4. The van der Waals surface area contributed by atoms with Crippen molar-refractivity contribution in [3.63, 3.8) is 0 Å². The number of amides is 1. The van der Waals surface area contributed by atoms with Crippen LogP contribution in [0.5, 0.6) is 5.75 Å². The van der Waals surface area contributed by atoms with Gasteiger partial charge in [0.05, 0.1) is 18.2 Å². The molecule has 1 N–H and O–H groups in total. The second-order valence-electron chi connectivity index (χ2n) is 8.40. The summed E-state index contributed by atoms with van der Waals surface area (Å²) >= 11 is 0. The van der Waals surface area contributed by atoms with E-state index in [4.69, 9.17) is 4.74 Å². The van der Waals surface area contributed by atoms with Gasteiger partial charge in [-0.1, -0.05) is 44.2 Å².